The summed E-state index contributed by atoms with van der Waals surface area (Å²) in [6.45, 7) is 3.00. The van der Waals surface area contributed by atoms with E-state index >= 15 is 0 Å². The molecular formula is C19H23N3O3. The van der Waals surface area contributed by atoms with Crippen LogP contribution in [0, 0.1) is 23.0 Å². The number of nitrogen functional groups attached to an aromatic ring is 1. The minimum Gasteiger partial charge on any atom is -0.393 e. The van der Waals surface area contributed by atoms with E-state index in [2.05, 4.69) is 12.2 Å². The average Bonchev–Trinajstić information content (AvgIpc) is 2.64. The van der Waals surface area contributed by atoms with Crippen molar-refractivity contribution in [3.63, 3.8) is 0 Å². The van der Waals surface area contributed by atoms with Crippen molar-refractivity contribution in [2.75, 3.05) is 18.8 Å². The lowest BCUT2D eigenvalue weighted by Crippen LogP contribution is -2.39. The van der Waals surface area contributed by atoms with E-state index in [1.807, 2.05) is 17.0 Å². The number of hydrogen-bond acceptors (Lipinski definition) is 4. The maximum atomic E-state index is 12.6. The third kappa shape index (κ3) is 3.57. The first-order valence-electron chi connectivity index (χ1n) is 8.65. The Balaban J connectivity index is 1.76. The zero-order valence-electron chi connectivity index (χ0n) is 14.4. The quantitative estimate of drug-likeness (QED) is 0.394. The normalized spacial score (nSPS) is 20.3. The molecule has 0 saturated heterocycles. The van der Waals surface area contributed by atoms with Gasteiger partial charge in [0.2, 0.25) is 5.91 Å². The number of hydrogen-bond donors (Lipinski definition) is 1. The molecule has 0 saturated carbocycles. The topological polar surface area (TPSA) is 89.5 Å². The lowest BCUT2D eigenvalue weighted by Gasteiger charge is -2.30. The SMILES string of the molecule is Cc1cc(C2=CCN(C(=O)C3CC=CCC3)CC2)cc([N+](=O)[O-])c1N. The fourth-order valence-electron chi connectivity index (χ4n) is 3.52. The number of benzene rings is 1. The minimum atomic E-state index is -0.443. The number of anilines is 1. The first kappa shape index (κ1) is 17.2. The molecule has 6 heteroatoms. The number of nitro groups is 1. The molecule has 1 unspecified atom stereocenters. The van der Waals surface area contributed by atoms with Crippen LogP contribution < -0.4 is 5.73 Å². The summed E-state index contributed by atoms with van der Waals surface area (Å²) in [6, 6.07) is 3.43. The highest BCUT2D eigenvalue weighted by molar-refractivity contribution is 5.81. The van der Waals surface area contributed by atoms with Crippen LogP contribution in [0.15, 0.2) is 30.4 Å². The van der Waals surface area contributed by atoms with Crippen molar-refractivity contribution < 1.29 is 9.72 Å². The molecule has 1 atom stereocenters. The molecule has 1 amide bonds. The largest absolute Gasteiger partial charge is 0.393 e. The number of nitro benzene ring substituents is 1. The van der Waals surface area contributed by atoms with E-state index in [0.29, 0.717) is 25.1 Å². The first-order valence-corrected chi connectivity index (χ1v) is 8.65. The summed E-state index contributed by atoms with van der Waals surface area (Å²) in [4.78, 5) is 25.2. The Morgan fingerprint density at radius 1 is 1.36 bits per heavy atom. The van der Waals surface area contributed by atoms with Crippen LogP contribution in [0.25, 0.3) is 5.57 Å². The van der Waals surface area contributed by atoms with Gasteiger partial charge in [0.05, 0.1) is 4.92 Å². The minimum absolute atomic E-state index is 0.0524. The van der Waals surface area contributed by atoms with Gasteiger partial charge in [-0.05, 0) is 55.4 Å². The number of nitrogens with zero attached hydrogens (tertiary/aromatic N) is 2. The lowest BCUT2D eigenvalue weighted by atomic mass is 9.91. The Kier molecular flexibility index (Phi) is 4.88. The number of aryl methyl sites for hydroxylation is 1. The standard InChI is InChI=1S/C19H23N3O3/c1-13-11-16(12-17(18(13)20)22(24)25)14-7-9-21(10-8-14)19(23)15-5-3-2-4-6-15/h2-3,7,11-12,15H,4-6,8-10,20H2,1H3. The Morgan fingerprint density at radius 2 is 2.16 bits per heavy atom. The van der Waals surface area contributed by atoms with Gasteiger partial charge in [-0.25, -0.2) is 0 Å². The summed E-state index contributed by atoms with van der Waals surface area (Å²) in [5.41, 5.74) is 8.54. The second-order valence-electron chi connectivity index (χ2n) is 6.73. The van der Waals surface area contributed by atoms with Crippen LogP contribution in [-0.4, -0.2) is 28.8 Å². The van der Waals surface area contributed by atoms with Crippen molar-refractivity contribution in [2.24, 2.45) is 5.92 Å². The molecule has 0 spiro atoms. The fraction of sp³-hybridized carbons (Fsp3) is 0.421. The third-order valence-corrected chi connectivity index (χ3v) is 5.07. The Hall–Kier alpha value is -2.63. The van der Waals surface area contributed by atoms with Crippen LogP contribution in [0.5, 0.6) is 0 Å². The summed E-state index contributed by atoms with van der Waals surface area (Å²) in [7, 11) is 0. The zero-order valence-corrected chi connectivity index (χ0v) is 14.4. The molecule has 1 aliphatic carbocycles. The van der Waals surface area contributed by atoms with Gasteiger partial charge in [-0.3, -0.25) is 14.9 Å². The van der Waals surface area contributed by atoms with Crippen LogP contribution in [0.4, 0.5) is 11.4 Å². The molecule has 2 aliphatic rings. The lowest BCUT2D eigenvalue weighted by molar-refractivity contribution is -0.383. The summed E-state index contributed by atoms with van der Waals surface area (Å²) in [6.07, 6.45) is 9.66. The number of amides is 1. The van der Waals surface area contributed by atoms with E-state index in [1.54, 1.807) is 6.92 Å². The molecule has 1 heterocycles. The Morgan fingerprint density at radius 3 is 2.76 bits per heavy atom. The molecule has 1 aromatic carbocycles. The highest BCUT2D eigenvalue weighted by Gasteiger charge is 2.26. The van der Waals surface area contributed by atoms with Gasteiger partial charge in [-0.1, -0.05) is 18.2 Å². The molecule has 2 N–H and O–H groups in total. The van der Waals surface area contributed by atoms with E-state index < -0.39 is 4.92 Å². The van der Waals surface area contributed by atoms with Crippen molar-refractivity contribution in [1.29, 1.82) is 0 Å². The average molecular weight is 341 g/mol. The number of allylic oxidation sites excluding steroid dienone is 2. The highest BCUT2D eigenvalue weighted by atomic mass is 16.6. The van der Waals surface area contributed by atoms with Crippen LogP contribution in [0.1, 0.15) is 36.8 Å². The maximum absolute atomic E-state index is 12.6. The van der Waals surface area contributed by atoms with E-state index in [-0.39, 0.29) is 23.2 Å². The molecule has 3 rings (SSSR count). The van der Waals surface area contributed by atoms with Gasteiger partial charge in [0, 0.05) is 25.1 Å². The maximum Gasteiger partial charge on any atom is 0.292 e. The van der Waals surface area contributed by atoms with Crippen molar-refractivity contribution in [3.05, 3.63) is 51.6 Å². The molecule has 1 aromatic rings. The molecule has 1 aliphatic heterocycles. The van der Waals surface area contributed by atoms with Gasteiger partial charge in [-0.2, -0.15) is 0 Å². The molecule has 25 heavy (non-hydrogen) atoms. The molecule has 0 bridgehead atoms. The van der Waals surface area contributed by atoms with E-state index in [9.17, 15) is 14.9 Å². The fourth-order valence-corrected chi connectivity index (χ4v) is 3.52. The van der Waals surface area contributed by atoms with Gasteiger partial charge in [0.25, 0.3) is 5.69 Å². The van der Waals surface area contributed by atoms with Crippen LogP contribution in [0.2, 0.25) is 0 Å². The first-order chi connectivity index (χ1) is 12.0. The number of rotatable bonds is 3. The van der Waals surface area contributed by atoms with E-state index in [1.165, 1.54) is 6.07 Å². The van der Waals surface area contributed by atoms with Gasteiger partial charge in [0.15, 0.2) is 0 Å². The van der Waals surface area contributed by atoms with Crippen molar-refractivity contribution in [1.82, 2.24) is 4.90 Å². The van der Waals surface area contributed by atoms with Crippen molar-refractivity contribution in [3.8, 4) is 0 Å². The molecule has 132 valence electrons. The van der Waals surface area contributed by atoms with Crippen molar-refractivity contribution in [2.45, 2.75) is 32.6 Å². The Bertz CT molecular complexity index is 767. The smallest absolute Gasteiger partial charge is 0.292 e. The molecule has 0 aromatic heterocycles. The molecular weight excluding hydrogens is 318 g/mol. The second kappa shape index (κ2) is 7.09. The molecule has 6 nitrogen and oxygen atoms in total. The molecule has 0 fully saturated rings. The summed E-state index contributed by atoms with van der Waals surface area (Å²) >= 11 is 0. The van der Waals surface area contributed by atoms with Gasteiger partial charge in [0.1, 0.15) is 5.69 Å². The summed E-state index contributed by atoms with van der Waals surface area (Å²) in [5, 5.41) is 11.2. The highest BCUT2D eigenvalue weighted by Crippen LogP contribution is 2.32. The zero-order chi connectivity index (χ0) is 18.0. The predicted molar refractivity (Wildman–Crippen MR) is 97.9 cm³/mol. The summed E-state index contributed by atoms with van der Waals surface area (Å²) < 4.78 is 0. The predicted octanol–water partition coefficient (Wildman–Crippen LogP) is 3.46. The Labute approximate surface area is 147 Å². The third-order valence-electron chi connectivity index (χ3n) is 5.07. The van der Waals surface area contributed by atoms with Crippen molar-refractivity contribution >= 4 is 22.9 Å². The van der Waals surface area contributed by atoms with Crippen LogP contribution in [0.3, 0.4) is 0 Å². The number of nitrogens with two attached hydrogens (primary N) is 1. The van der Waals surface area contributed by atoms with Gasteiger partial charge in [-0.15, -0.1) is 0 Å². The van der Waals surface area contributed by atoms with E-state index in [0.717, 1.165) is 30.4 Å². The van der Waals surface area contributed by atoms with E-state index in [4.69, 9.17) is 5.73 Å². The van der Waals surface area contributed by atoms with Gasteiger partial charge >= 0.3 is 0 Å². The second-order valence-corrected chi connectivity index (χ2v) is 6.73. The number of carbonyl (C=O) groups excluding carboxylic acids is 1. The van der Waals surface area contributed by atoms with Gasteiger partial charge < -0.3 is 10.6 Å². The van der Waals surface area contributed by atoms with Crippen LogP contribution in [-0.2, 0) is 4.79 Å². The summed E-state index contributed by atoms with van der Waals surface area (Å²) in [5.74, 6) is 0.318. The molecule has 0 radical (unpaired) electrons. The monoisotopic (exact) mass is 341 g/mol. The number of carbonyl (C=O) groups is 1. The van der Waals surface area contributed by atoms with Crippen LogP contribution >= 0.6 is 0 Å².